The van der Waals surface area contributed by atoms with E-state index in [-0.39, 0.29) is 5.69 Å². The van der Waals surface area contributed by atoms with E-state index in [1.807, 2.05) is 0 Å². The summed E-state index contributed by atoms with van der Waals surface area (Å²) in [4.78, 5) is 23.6. The van der Waals surface area contributed by atoms with E-state index in [0.29, 0.717) is 23.1 Å². The van der Waals surface area contributed by atoms with E-state index in [9.17, 15) is 9.59 Å². The molecule has 1 saturated carbocycles. The number of ether oxygens (including phenoxy) is 1. The van der Waals surface area contributed by atoms with Crippen molar-refractivity contribution in [3.63, 3.8) is 0 Å². The van der Waals surface area contributed by atoms with E-state index in [1.54, 1.807) is 36.4 Å². The molecule has 1 aliphatic carbocycles. The summed E-state index contributed by atoms with van der Waals surface area (Å²) in [5.74, 6) is -0.189. The van der Waals surface area contributed by atoms with Gasteiger partial charge in [-0.3, -0.25) is 4.79 Å². The lowest BCUT2D eigenvalue weighted by molar-refractivity contribution is 0.0600. The van der Waals surface area contributed by atoms with Crippen molar-refractivity contribution >= 4 is 23.4 Å². The Morgan fingerprint density at radius 3 is 2.65 bits per heavy atom. The van der Waals surface area contributed by atoms with E-state index in [0.717, 1.165) is 12.8 Å². The van der Waals surface area contributed by atoms with Gasteiger partial charge in [-0.05, 0) is 43.2 Å². The van der Waals surface area contributed by atoms with Crippen molar-refractivity contribution in [2.45, 2.75) is 18.9 Å². The Morgan fingerprint density at radius 1 is 1.17 bits per heavy atom. The van der Waals surface area contributed by atoms with Gasteiger partial charge in [-0.15, -0.1) is 10.2 Å². The SMILES string of the molecule is COC(=O)c1cccc(NC(=O)c2ccc(NC3CC3)nn2)c1. The lowest BCUT2D eigenvalue weighted by Gasteiger charge is -2.07. The van der Waals surface area contributed by atoms with Crippen LogP contribution in [0.3, 0.4) is 0 Å². The Labute approximate surface area is 133 Å². The van der Waals surface area contributed by atoms with Gasteiger partial charge in [-0.25, -0.2) is 4.79 Å². The molecule has 1 aromatic heterocycles. The van der Waals surface area contributed by atoms with E-state index in [2.05, 4.69) is 25.6 Å². The second-order valence-electron chi connectivity index (χ2n) is 5.25. The highest BCUT2D eigenvalue weighted by Crippen LogP contribution is 2.23. The first-order chi connectivity index (χ1) is 11.2. The van der Waals surface area contributed by atoms with Crippen LogP contribution in [-0.2, 0) is 4.74 Å². The molecule has 1 aromatic carbocycles. The highest BCUT2D eigenvalue weighted by atomic mass is 16.5. The van der Waals surface area contributed by atoms with E-state index in [1.165, 1.54) is 7.11 Å². The van der Waals surface area contributed by atoms with Crippen molar-refractivity contribution in [3.8, 4) is 0 Å². The van der Waals surface area contributed by atoms with Crippen LogP contribution in [0.2, 0.25) is 0 Å². The van der Waals surface area contributed by atoms with Gasteiger partial charge in [-0.2, -0.15) is 0 Å². The fraction of sp³-hybridized carbons (Fsp3) is 0.250. The fourth-order valence-corrected chi connectivity index (χ4v) is 2.00. The predicted octanol–water partition coefficient (Wildman–Crippen LogP) is 2.09. The van der Waals surface area contributed by atoms with Crippen LogP contribution in [0.4, 0.5) is 11.5 Å². The Balaban J connectivity index is 1.67. The van der Waals surface area contributed by atoms with Crippen molar-refractivity contribution in [3.05, 3.63) is 47.7 Å². The number of esters is 1. The topological polar surface area (TPSA) is 93.2 Å². The molecule has 1 amide bonds. The predicted molar refractivity (Wildman–Crippen MR) is 84.4 cm³/mol. The molecule has 3 rings (SSSR count). The number of aromatic nitrogens is 2. The second kappa shape index (κ2) is 6.43. The average Bonchev–Trinajstić information content (AvgIpc) is 3.39. The maximum absolute atomic E-state index is 12.2. The quantitative estimate of drug-likeness (QED) is 0.821. The van der Waals surface area contributed by atoms with Crippen LogP contribution in [0.5, 0.6) is 0 Å². The third kappa shape index (κ3) is 3.82. The lowest BCUT2D eigenvalue weighted by atomic mass is 10.2. The van der Waals surface area contributed by atoms with Crippen LogP contribution in [0.1, 0.15) is 33.7 Å². The van der Waals surface area contributed by atoms with Gasteiger partial charge in [-0.1, -0.05) is 6.07 Å². The maximum atomic E-state index is 12.2. The Morgan fingerprint density at radius 2 is 2.00 bits per heavy atom. The molecule has 7 nitrogen and oxygen atoms in total. The first-order valence-corrected chi connectivity index (χ1v) is 7.26. The Bertz CT molecular complexity index is 726. The zero-order chi connectivity index (χ0) is 16.2. The Kier molecular flexibility index (Phi) is 4.18. The van der Waals surface area contributed by atoms with E-state index >= 15 is 0 Å². The zero-order valence-corrected chi connectivity index (χ0v) is 12.6. The number of carbonyl (C=O) groups is 2. The van der Waals surface area contributed by atoms with Gasteiger partial charge in [0.25, 0.3) is 5.91 Å². The van der Waals surface area contributed by atoms with Gasteiger partial charge in [0.1, 0.15) is 5.82 Å². The molecule has 0 aliphatic heterocycles. The molecular weight excluding hydrogens is 296 g/mol. The molecule has 0 spiro atoms. The van der Waals surface area contributed by atoms with Gasteiger partial charge in [0, 0.05) is 11.7 Å². The molecule has 7 heteroatoms. The van der Waals surface area contributed by atoms with Gasteiger partial charge in [0.15, 0.2) is 5.69 Å². The minimum Gasteiger partial charge on any atom is -0.465 e. The van der Waals surface area contributed by atoms with E-state index in [4.69, 9.17) is 0 Å². The molecule has 0 radical (unpaired) electrons. The lowest BCUT2D eigenvalue weighted by Crippen LogP contribution is -2.15. The summed E-state index contributed by atoms with van der Waals surface area (Å²) >= 11 is 0. The van der Waals surface area contributed by atoms with E-state index < -0.39 is 11.9 Å². The first-order valence-electron chi connectivity index (χ1n) is 7.26. The molecule has 0 atom stereocenters. The molecule has 0 unspecified atom stereocenters. The molecule has 1 heterocycles. The molecule has 0 bridgehead atoms. The smallest absolute Gasteiger partial charge is 0.337 e. The summed E-state index contributed by atoms with van der Waals surface area (Å²) < 4.78 is 4.65. The molecule has 1 aliphatic rings. The van der Waals surface area contributed by atoms with Crippen molar-refractivity contribution in [1.29, 1.82) is 0 Å². The number of carbonyl (C=O) groups excluding carboxylic acids is 2. The molecular formula is C16H16N4O3. The van der Waals surface area contributed by atoms with Gasteiger partial charge in [0.05, 0.1) is 12.7 Å². The van der Waals surface area contributed by atoms with Crippen LogP contribution < -0.4 is 10.6 Å². The third-order valence-corrected chi connectivity index (χ3v) is 3.37. The summed E-state index contributed by atoms with van der Waals surface area (Å²) in [6.07, 6.45) is 2.28. The van der Waals surface area contributed by atoms with Gasteiger partial charge >= 0.3 is 5.97 Å². The number of rotatable bonds is 5. The molecule has 118 valence electrons. The van der Waals surface area contributed by atoms with Gasteiger partial charge < -0.3 is 15.4 Å². The molecule has 0 saturated heterocycles. The summed E-state index contributed by atoms with van der Waals surface area (Å²) in [5.41, 5.74) is 1.05. The highest BCUT2D eigenvalue weighted by Gasteiger charge is 2.21. The Hall–Kier alpha value is -2.96. The first kappa shape index (κ1) is 15.0. The number of anilines is 2. The number of hydrogen-bond acceptors (Lipinski definition) is 6. The largest absolute Gasteiger partial charge is 0.465 e. The number of nitrogens with one attached hydrogen (secondary N) is 2. The van der Waals surface area contributed by atoms with Crippen LogP contribution in [0.25, 0.3) is 0 Å². The van der Waals surface area contributed by atoms with Crippen molar-refractivity contribution in [2.24, 2.45) is 0 Å². The number of methoxy groups -OCH3 is 1. The summed E-state index contributed by atoms with van der Waals surface area (Å²) in [7, 11) is 1.31. The number of benzene rings is 1. The minimum absolute atomic E-state index is 0.204. The summed E-state index contributed by atoms with van der Waals surface area (Å²) in [6.45, 7) is 0. The monoisotopic (exact) mass is 312 g/mol. The zero-order valence-electron chi connectivity index (χ0n) is 12.6. The van der Waals surface area contributed by atoms with Crippen molar-refractivity contribution < 1.29 is 14.3 Å². The van der Waals surface area contributed by atoms with Crippen molar-refractivity contribution in [1.82, 2.24) is 10.2 Å². The normalized spacial score (nSPS) is 13.3. The molecule has 2 aromatic rings. The maximum Gasteiger partial charge on any atom is 0.337 e. The van der Waals surface area contributed by atoms with Crippen LogP contribution in [-0.4, -0.2) is 35.2 Å². The third-order valence-electron chi connectivity index (χ3n) is 3.37. The van der Waals surface area contributed by atoms with Gasteiger partial charge in [0.2, 0.25) is 0 Å². The average molecular weight is 312 g/mol. The van der Waals surface area contributed by atoms with Crippen LogP contribution in [0.15, 0.2) is 36.4 Å². The molecule has 1 fully saturated rings. The van der Waals surface area contributed by atoms with Crippen molar-refractivity contribution in [2.75, 3.05) is 17.7 Å². The summed E-state index contributed by atoms with van der Waals surface area (Å²) in [6, 6.07) is 10.3. The number of nitrogens with zero attached hydrogens (tertiary/aromatic N) is 2. The van der Waals surface area contributed by atoms with Crippen LogP contribution >= 0.6 is 0 Å². The number of hydrogen-bond donors (Lipinski definition) is 2. The molecule has 23 heavy (non-hydrogen) atoms. The number of amides is 1. The fourth-order valence-electron chi connectivity index (χ4n) is 2.00. The highest BCUT2D eigenvalue weighted by molar-refractivity contribution is 6.03. The minimum atomic E-state index is -0.462. The summed E-state index contributed by atoms with van der Waals surface area (Å²) in [5, 5.41) is 13.8. The van der Waals surface area contributed by atoms with Crippen LogP contribution in [0, 0.1) is 0 Å². The second-order valence-corrected chi connectivity index (χ2v) is 5.25. The molecule has 2 N–H and O–H groups in total. The standard InChI is InChI=1S/C16H16N4O3/c1-23-16(22)10-3-2-4-12(9-10)18-15(21)13-7-8-14(20-19-13)17-11-5-6-11/h2-4,7-9,11H,5-6H2,1H3,(H,17,20)(H,18,21).